The van der Waals surface area contributed by atoms with Crippen LogP contribution in [0.1, 0.15) is 50.4 Å². The molecule has 86 valence electrons. The third-order valence-corrected chi connectivity index (χ3v) is 3.43. The molecule has 0 saturated carbocycles. The minimum atomic E-state index is 0.384. The van der Waals surface area contributed by atoms with E-state index in [0.717, 1.165) is 17.5 Å². The molecular weight excluding hydrogens is 204 g/mol. The number of hydrogen-bond acceptors (Lipinski definition) is 3. The van der Waals surface area contributed by atoms with E-state index >= 15 is 0 Å². The predicted molar refractivity (Wildman–Crippen MR) is 67.3 cm³/mol. The van der Waals surface area contributed by atoms with E-state index in [0.29, 0.717) is 6.04 Å². The van der Waals surface area contributed by atoms with Crippen LogP contribution in [0.3, 0.4) is 0 Å². The summed E-state index contributed by atoms with van der Waals surface area (Å²) in [5.74, 6) is 0.761. The van der Waals surface area contributed by atoms with Gasteiger partial charge in [-0.1, -0.05) is 20.3 Å². The van der Waals surface area contributed by atoms with E-state index in [9.17, 15) is 0 Å². The van der Waals surface area contributed by atoms with Crippen molar-refractivity contribution in [3.63, 3.8) is 0 Å². The molecule has 15 heavy (non-hydrogen) atoms. The van der Waals surface area contributed by atoms with Crippen LogP contribution in [-0.2, 0) is 0 Å². The SMILES string of the molecule is CCCC(C)CNC(C)c1csc(C)n1. The van der Waals surface area contributed by atoms with Crippen molar-refractivity contribution in [3.05, 3.63) is 16.1 Å². The lowest BCUT2D eigenvalue weighted by Crippen LogP contribution is -2.24. The van der Waals surface area contributed by atoms with E-state index in [1.807, 2.05) is 0 Å². The fourth-order valence-electron chi connectivity index (χ4n) is 1.66. The second kappa shape index (κ2) is 6.23. The largest absolute Gasteiger partial charge is 0.309 e. The van der Waals surface area contributed by atoms with Crippen molar-refractivity contribution >= 4 is 11.3 Å². The summed E-state index contributed by atoms with van der Waals surface area (Å²) in [7, 11) is 0. The lowest BCUT2D eigenvalue weighted by molar-refractivity contribution is 0.441. The smallest absolute Gasteiger partial charge is 0.0898 e. The maximum absolute atomic E-state index is 4.49. The number of hydrogen-bond donors (Lipinski definition) is 1. The monoisotopic (exact) mass is 226 g/mol. The Bertz CT molecular complexity index is 283. The Hall–Kier alpha value is -0.410. The molecule has 1 heterocycles. The molecule has 1 rings (SSSR count). The first-order valence-corrected chi connectivity index (χ1v) is 6.66. The molecule has 0 amide bonds. The highest BCUT2D eigenvalue weighted by molar-refractivity contribution is 7.09. The highest BCUT2D eigenvalue weighted by atomic mass is 32.1. The van der Waals surface area contributed by atoms with Crippen molar-refractivity contribution in [1.29, 1.82) is 0 Å². The zero-order valence-electron chi connectivity index (χ0n) is 10.2. The summed E-state index contributed by atoms with van der Waals surface area (Å²) in [5.41, 5.74) is 1.18. The predicted octanol–water partition coefficient (Wildman–Crippen LogP) is 3.54. The van der Waals surface area contributed by atoms with Crippen LogP contribution >= 0.6 is 11.3 Å². The summed E-state index contributed by atoms with van der Waals surface area (Å²) in [6.07, 6.45) is 2.57. The van der Waals surface area contributed by atoms with E-state index in [4.69, 9.17) is 0 Å². The van der Waals surface area contributed by atoms with E-state index in [1.165, 1.54) is 18.5 Å². The zero-order valence-corrected chi connectivity index (χ0v) is 11.0. The second-order valence-electron chi connectivity index (χ2n) is 4.32. The summed E-state index contributed by atoms with van der Waals surface area (Å²) < 4.78 is 0. The molecule has 0 aliphatic rings. The van der Waals surface area contributed by atoms with Gasteiger partial charge in [0.1, 0.15) is 0 Å². The molecule has 0 aliphatic carbocycles. The Kier molecular flexibility index (Phi) is 5.26. The van der Waals surface area contributed by atoms with Gasteiger partial charge >= 0.3 is 0 Å². The second-order valence-corrected chi connectivity index (χ2v) is 5.38. The molecule has 2 nitrogen and oxygen atoms in total. The molecule has 1 aromatic rings. The maximum atomic E-state index is 4.49. The van der Waals surface area contributed by atoms with Crippen molar-refractivity contribution < 1.29 is 0 Å². The average Bonchev–Trinajstić information content (AvgIpc) is 2.62. The third kappa shape index (κ3) is 4.31. The first-order chi connectivity index (χ1) is 7.13. The molecule has 0 aliphatic heterocycles. The molecule has 0 saturated heterocycles. The van der Waals surface area contributed by atoms with Crippen LogP contribution in [0.25, 0.3) is 0 Å². The van der Waals surface area contributed by atoms with Gasteiger partial charge in [-0.2, -0.15) is 0 Å². The van der Waals surface area contributed by atoms with E-state index in [1.54, 1.807) is 11.3 Å². The van der Waals surface area contributed by atoms with Crippen molar-refractivity contribution in [2.24, 2.45) is 5.92 Å². The minimum absolute atomic E-state index is 0.384. The fourth-order valence-corrected chi connectivity index (χ4v) is 2.36. The molecule has 1 N–H and O–H groups in total. The molecule has 0 aromatic carbocycles. The van der Waals surface area contributed by atoms with Crippen molar-refractivity contribution in [1.82, 2.24) is 10.3 Å². The van der Waals surface area contributed by atoms with Gasteiger partial charge in [-0.3, -0.25) is 0 Å². The van der Waals surface area contributed by atoms with Crippen LogP contribution in [-0.4, -0.2) is 11.5 Å². The van der Waals surface area contributed by atoms with E-state index in [2.05, 4.69) is 43.4 Å². The molecule has 0 fully saturated rings. The van der Waals surface area contributed by atoms with Crippen molar-refractivity contribution in [2.45, 2.75) is 46.6 Å². The van der Waals surface area contributed by atoms with Crippen LogP contribution in [0.2, 0.25) is 0 Å². The molecule has 2 unspecified atom stereocenters. The van der Waals surface area contributed by atoms with E-state index in [-0.39, 0.29) is 0 Å². The van der Waals surface area contributed by atoms with Crippen LogP contribution in [0.15, 0.2) is 5.38 Å². The van der Waals surface area contributed by atoms with Crippen LogP contribution < -0.4 is 5.32 Å². The highest BCUT2D eigenvalue weighted by Crippen LogP contribution is 2.16. The molecule has 0 radical (unpaired) electrons. The molecule has 2 atom stereocenters. The quantitative estimate of drug-likeness (QED) is 0.802. The van der Waals surface area contributed by atoms with Crippen LogP contribution in [0, 0.1) is 12.8 Å². The van der Waals surface area contributed by atoms with Crippen molar-refractivity contribution in [2.75, 3.05) is 6.54 Å². The Balaban J connectivity index is 2.33. The summed E-state index contributed by atoms with van der Waals surface area (Å²) in [4.78, 5) is 4.49. The summed E-state index contributed by atoms with van der Waals surface area (Å²) in [5, 5.41) is 6.84. The summed E-state index contributed by atoms with van der Waals surface area (Å²) >= 11 is 1.73. The van der Waals surface area contributed by atoms with Gasteiger partial charge in [0.25, 0.3) is 0 Å². The first-order valence-electron chi connectivity index (χ1n) is 5.78. The minimum Gasteiger partial charge on any atom is -0.309 e. The Labute approximate surface area is 97.1 Å². The van der Waals surface area contributed by atoms with Gasteiger partial charge in [-0.25, -0.2) is 4.98 Å². The Morgan fingerprint density at radius 3 is 2.73 bits per heavy atom. The Morgan fingerprint density at radius 2 is 2.20 bits per heavy atom. The van der Waals surface area contributed by atoms with Gasteiger partial charge in [-0.05, 0) is 32.7 Å². The fraction of sp³-hybridized carbons (Fsp3) is 0.750. The molecule has 3 heteroatoms. The van der Waals surface area contributed by atoms with Gasteiger partial charge in [0.05, 0.1) is 10.7 Å². The van der Waals surface area contributed by atoms with Crippen molar-refractivity contribution in [3.8, 4) is 0 Å². The summed E-state index contributed by atoms with van der Waals surface area (Å²) in [6.45, 7) is 9.87. The number of nitrogens with one attached hydrogen (secondary N) is 1. The van der Waals surface area contributed by atoms with Crippen LogP contribution in [0.4, 0.5) is 0 Å². The van der Waals surface area contributed by atoms with E-state index < -0.39 is 0 Å². The van der Waals surface area contributed by atoms with Gasteiger partial charge in [0.2, 0.25) is 0 Å². The lowest BCUT2D eigenvalue weighted by Gasteiger charge is -2.15. The molecule has 1 aromatic heterocycles. The normalized spacial score (nSPS) is 15.2. The number of nitrogens with zero attached hydrogens (tertiary/aromatic N) is 1. The topological polar surface area (TPSA) is 24.9 Å². The van der Waals surface area contributed by atoms with Crippen LogP contribution in [0.5, 0.6) is 0 Å². The van der Waals surface area contributed by atoms with Gasteiger partial charge in [0.15, 0.2) is 0 Å². The van der Waals surface area contributed by atoms with Gasteiger partial charge in [-0.15, -0.1) is 11.3 Å². The number of aromatic nitrogens is 1. The molecule has 0 bridgehead atoms. The number of rotatable bonds is 6. The molecule has 0 spiro atoms. The van der Waals surface area contributed by atoms with Gasteiger partial charge in [0, 0.05) is 11.4 Å². The zero-order chi connectivity index (χ0) is 11.3. The van der Waals surface area contributed by atoms with Gasteiger partial charge < -0.3 is 5.32 Å². The first kappa shape index (κ1) is 12.7. The Morgan fingerprint density at radius 1 is 1.47 bits per heavy atom. The highest BCUT2D eigenvalue weighted by Gasteiger charge is 2.09. The molecular formula is C12H22N2S. The maximum Gasteiger partial charge on any atom is 0.0898 e. The number of thiazole rings is 1. The standard InChI is InChI=1S/C12H22N2S/c1-5-6-9(2)7-13-10(3)12-8-15-11(4)14-12/h8-10,13H,5-7H2,1-4H3. The number of aryl methyl sites for hydroxylation is 1. The summed E-state index contributed by atoms with van der Waals surface area (Å²) in [6, 6.07) is 0.384. The third-order valence-electron chi connectivity index (χ3n) is 2.63. The lowest BCUT2D eigenvalue weighted by atomic mass is 10.1. The average molecular weight is 226 g/mol.